The van der Waals surface area contributed by atoms with E-state index in [1.54, 1.807) is 38.1 Å². The molecule has 10 heteroatoms. The molecule has 0 heterocycles. The number of aliphatic hydroxyl groups excluding tert-OH is 1. The molecule has 0 saturated heterocycles. The number of halogens is 2. The van der Waals surface area contributed by atoms with Crippen LogP contribution in [0.5, 0.6) is 0 Å². The summed E-state index contributed by atoms with van der Waals surface area (Å²) in [6.45, 7) is 3.14. The van der Waals surface area contributed by atoms with E-state index in [1.165, 1.54) is 18.2 Å². The third-order valence-corrected chi connectivity index (χ3v) is 4.47. The fourth-order valence-corrected chi connectivity index (χ4v) is 2.83. The Kier molecular flexibility index (Phi) is 9.13. The minimum absolute atomic E-state index is 0.0273. The van der Waals surface area contributed by atoms with Crippen molar-refractivity contribution < 1.29 is 33.7 Å². The van der Waals surface area contributed by atoms with Crippen molar-refractivity contribution in [3.8, 4) is 11.1 Å². The lowest BCUT2D eigenvalue weighted by Gasteiger charge is -2.24. The first-order valence-corrected chi connectivity index (χ1v) is 10.1. The molecule has 0 aromatic heterocycles. The number of nitrogens with zero attached hydrogens (tertiary/aromatic N) is 1. The van der Waals surface area contributed by atoms with E-state index < -0.39 is 36.3 Å². The van der Waals surface area contributed by atoms with E-state index >= 15 is 0 Å². The van der Waals surface area contributed by atoms with Gasteiger partial charge in [0, 0.05) is 17.1 Å². The highest BCUT2D eigenvalue weighted by Crippen LogP contribution is 2.26. The Morgan fingerprint density at radius 1 is 1.16 bits per heavy atom. The molecule has 8 nitrogen and oxygen atoms in total. The second-order valence-corrected chi connectivity index (χ2v) is 7.93. The fraction of sp³-hybridized carbons (Fsp3) is 0.318. The number of esters is 1. The first-order chi connectivity index (χ1) is 15.1. The van der Waals surface area contributed by atoms with Gasteiger partial charge in [-0.3, -0.25) is 10.2 Å². The summed E-state index contributed by atoms with van der Waals surface area (Å²) in [5, 5.41) is 20.1. The molecule has 1 atom stereocenters. The molecule has 0 radical (unpaired) electrons. The number of carboxylic acid groups (broad SMARTS) is 1. The molecule has 0 saturated carbocycles. The molecule has 2 aromatic carbocycles. The molecular weight excluding hydrogens is 443 g/mol. The van der Waals surface area contributed by atoms with Crippen molar-refractivity contribution in [1.82, 2.24) is 10.4 Å². The summed E-state index contributed by atoms with van der Waals surface area (Å²) in [4.78, 5) is 35.0. The average molecular weight is 467 g/mol. The Hall–Kier alpha value is -3.01. The van der Waals surface area contributed by atoms with Gasteiger partial charge in [-0.1, -0.05) is 49.7 Å². The lowest BCUT2D eigenvalue weighted by Crippen LogP contribution is -2.49. The molecule has 0 aliphatic rings. The monoisotopic (exact) mass is 466 g/mol. The molecule has 2 rings (SSSR count). The van der Waals surface area contributed by atoms with Crippen LogP contribution in [0, 0.1) is 11.7 Å². The highest BCUT2D eigenvalue weighted by molar-refractivity contribution is 6.32. The number of hydrazine groups is 1. The molecule has 172 valence electrons. The smallest absolute Gasteiger partial charge is 0.398 e. The highest BCUT2D eigenvalue weighted by Gasteiger charge is 2.23. The minimum Gasteiger partial charge on any atom is -0.479 e. The van der Waals surface area contributed by atoms with Crippen LogP contribution in [0.15, 0.2) is 42.5 Å². The number of amides is 1. The number of nitrogens with one attached hydrogen (secondary N) is 1. The van der Waals surface area contributed by atoms with Gasteiger partial charge in [-0.05, 0) is 35.2 Å². The zero-order valence-electron chi connectivity index (χ0n) is 17.5. The van der Waals surface area contributed by atoms with E-state index in [0.717, 1.165) is 5.01 Å². The number of ether oxygens (including phenoxy) is 1. The van der Waals surface area contributed by atoms with E-state index in [2.05, 4.69) is 5.43 Å². The predicted octanol–water partition coefficient (Wildman–Crippen LogP) is 2.62. The van der Waals surface area contributed by atoms with Crippen LogP contribution in [-0.2, 0) is 25.7 Å². The van der Waals surface area contributed by atoms with Gasteiger partial charge in [0.15, 0.2) is 6.10 Å². The Balaban J connectivity index is 2.14. The number of hydrogen-bond donors (Lipinski definition) is 3. The summed E-state index contributed by atoms with van der Waals surface area (Å²) in [5.41, 5.74) is 3.73. The van der Waals surface area contributed by atoms with Crippen LogP contribution in [0.2, 0.25) is 5.02 Å². The Labute approximate surface area is 189 Å². The summed E-state index contributed by atoms with van der Waals surface area (Å²) in [5.74, 6) is -4.13. The predicted molar refractivity (Wildman–Crippen MR) is 115 cm³/mol. The molecule has 2 aromatic rings. The molecule has 0 aliphatic heterocycles. The van der Waals surface area contributed by atoms with Crippen LogP contribution in [0.1, 0.15) is 19.4 Å². The van der Waals surface area contributed by atoms with E-state index in [4.69, 9.17) is 21.4 Å². The first kappa shape index (κ1) is 25.3. The van der Waals surface area contributed by atoms with Gasteiger partial charge in [0.05, 0.1) is 13.2 Å². The summed E-state index contributed by atoms with van der Waals surface area (Å²) < 4.78 is 18.9. The zero-order chi connectivity index (χ0) is 23.8. The van der Waals surface area contributed by atoms with Gasteiger partial charge < -0.3 is 14.9 Å². The topological polar surface area (TPSA) is 116 Å². The summed E-state index contributed by atoms with van der Waals surface area (Å²) in [6.07, 6.45) is -1.80. The lowest BCUT2D eigenvalue weighted by molar-refractivity contribution is -0.159. The van der Waals surface area contributed by atoms with Gasteiger partial charge in [0.2, 0.25) is 0 Å². The Bertz CT molecular complexity index is 967. The van der Waals surface area contributed by atoms with Gasteiger partial charge in [0.25, 0.3) is 0 Å². The van der Waals surface area contributed by atoms with Crippen molar-refractivity contribution in [2.75, 3.05) is 13.2 Å². The van der Waals surface area contributed by atoms with E-state index in [-0.39, 0.29) is 19.1 Å². The maximum absolute atomic E-state index is 14.1. The third-order valence-electron chi connectivity index (χ3n) is 4.24. The summed E-state index contributed by atoms with van der Waals surface area (Å²) >= 11 is 5.93. The standard InChI is InChI=1S/C22H24ClFN2O6/c1-13(2)12-32-22(31)20(28)25-26(11-19(27)21(29)30)10-14-3-5-15(6-4-14)17-9-16(23)7-8-18(17)24/h3-9,13,19,27H,10-12H2,1-2H3,(H,25,28)(H,29,30). The second kappa shape index (κ2) is 11.6. The number of aliphatic carboxylic acids is 1. The zero-order valence-corrected chi connectivity index (χ0v) is 18.3. The molecular formula is C22H24ClFN2O6. The van der Waals surface area contributed by atoms with Crippen molar-refractivity contribution >= 4 is 29.4 Å². The lowest BCUT2D eigenvalue weighted by atomic mass is 10.0. The van der Waals surface area contributed by atoms with Gasteiger partial charge in [-0.15, -0.1) is 0 Å². The van der Waals surface area contributed by atoms with Crippen LogP contribution < -0.4 is 5.43 Å². The van der Waals surface area contributed by atoms with Gasteiger partial charge >= 0.3 is 17.8 Å². The first-order valence-electron chi connectivity index (χ1n) is 9.74. The van der Waals surface area contributed by atoms with E-state index in [9.17, 15) is 23.9 Å². The van der Waals surface area contributed by atoms with Crippen molar-refractivity contribution in [2.45, 2.75) is 26.5 Å². The van der Waals surface area contributed by atoms with Crippen molar-refractivity contribution in [3.63, 3.8) is 0 Å². The normalized spacial score (nSPS) is 12.0. The van der Waals surface area contributed by atoms with Crippen LogP contribution in [0.3, 0.4) is 0 Å². The number of benzene rings is 2. The largest absolute Gasteiger partial charge is 0.479 e. The number of carboxylic acids is 1. The molecule has 0 spiro atoms. The van der Waals surface area contributed by atoms with Crippen LogP contribution in [-0.4, -0.2) is 52.3 Å². The van der Waals surface area contributed by atoms with Crippen molar-refractivity contribution in [1.29, 1.82) is 0 Å². The molecule has 3 N–H and O–H groups in total. The SMILES string of the molecule is CC(C)COC(=O)C(=O)NN(Cc1ccc(-c2cc(Cl)ccc2F)cc1)CC(O)C(=O)O. The number of carbonyl (C=O) groups excluding carboxylic acids is 2. The van der Waals surface area contributed by atoms with Crippen molar-refractivity contribution in [3.05, 3.63) is 58.9 Å². The second-order valence-electron chi connectivity index (χ2n) is 7.49. The maximum atomic E-state index is 14.1. The summed E-state index contributed by atoms with van der Waals surface area (Å²) in [7, 11) is 0. The average Bonchev–Trinajstić information content (AvgIpc) is 2.74. The number of hydrogen-bond acceptors (Lipinski definition) is 6. The number of aliphatic hydroxyl groups is 1. The van der Waals surface area contributed by atoms with Crippen LogP contribution in [0.25, 0.3) is 11.1 Å². The highest BCUT2D eigenvalue weighted by atomic mass is 35.5. The minimum atomic E-state index is -1.80. The van der Waals surface area contributed by atoms with E-state index in [1.807, 2.05) is 0 Å². The maximum Gasteiger partial charge on any atom is 0.398 e. The molecule has 1 amide bonds. The quantitative estimate of drug-likeness (QED) is 0.295. The van der Waals surface area contributed by atoms with Gasteiger partial charge in [-0.2, -0.15) is 0 Å². The number of carbonyl (C=O) groups is 3. The molecule has 1 unspecified atom stereocenters. The Morgan fingerprint density at radius 2 is 1.81 bits per heavy atom. The van der Waals surface area contributed by atoms with Gasteiger partial charge in [-0.25, -0.2) is 19.0 Å². The fourth-order valence-electron chi connectivity index (χ4n) is 2.66. The number of rotatable bonds is 9. The van der Waals surface area contributed by atoms with Crippen LogP contribution >= 0.6 is 11.6 Å². The third kappa shape index (κ3) is 7.60. The summed E-state index contributed by atoms with van der Waals surface area (Å²) in [6, 6.07) is 10.7. The van der Waals surface area contributed by atoms with Crippen molar-refractivity contribution in [2.24, 2.45) is 5.92 Å². The molecule has 0 fully saturated rings. The van der Waals surface area contributed by atoms with Gasteiger partial charge in [0.1, 0.15) is 5.82 Å². The van der Waals surface area contributed by atoms with E-state index in [0.29, 0.717) is 21.7 Å². The molecule has 32 heavy (non-hydrogen) atoms. The van der Waals surface area contributed by atoms with Crippen LogP contribution in [0.4, 0.5) is 4.39 Å². The molecule has 0 bridgehead atoms. The molecule has 0 aliphatic carbocycles. The Morgan fingerprint density at radius 3 is 2.41 bits per heavy atom.